The van der Waals surface area contributed by atoms with Gasteiger partial charge in [0.15, 0.2) is 0 Å². The third kappa shape index (κ3) is 44.9. The van der Waals surface area contributed by atoms with E-state index in [4.69, 9.17) is 5.11 Å². The Balaban J connectivity index is -0.0000000510. The molecule has 0 aromatic rings. The molecule has 0 aliphatic carbocycles. The summed E-state index contributed by atoms with van der Waals surface area (Å²) in [6.45, 7) is 3.92. The van der Waals surface area contributed by atoms with E-state index in [1.165, 1.54) is 62.0 Å². The van der Waals surface area contributed by atoms with Crippen LogP contribution >= 0.6 is 0 Å². The van der Waals surface area contributed by atoms with Gasteiger partial charge in [-0.1, -0.05) is 0 Å². The Morgan fingerprint density at radius 3 is 1.59 bits per heavy atom. The predicted octanol–water partition coefficient (Wildman–Crippen LogP) is -0.472. The van der Waals surface area contributed by atoms with Crippen molar-refractivity contribution in [1.29, 1.82) is 0 Å². The number of rotatable bonds is 4. The second-order valence-electron chi connectivity index (χ2n) is 1.64. The summed E-state index contributed by atoms with van der Waals surface area (Å²) in [4.78, 5) is 0. The quantitative estimate of drug-likeness (QED) is 0.379. The fourth-order valence-electron chi connectivity index (χ4n) is 0.307. The molecule has 0 amide bonds. The molecule has 0 heterocycles. The number of aliphatic hydroxyl groups is 1. The summed E-state index contributed by atoms with van der Waals surface area (Å²) in [5, 5.41) is 7.36. The van der Waals surface area contributed by atoms with Crippen LogP contribution in [0.5, 0.6) is 0 Å². The summed E-state index contributed by atoms with van der Waals surface area (Å²) in [6, 6.07) is 0. The molecule has 0 saturated heterocycles. The van der Waals surface area contributed by atoms with Crippen molar-refractivity contribution in [2.75, 3.05) is 0 Å². The molecule has 10 heteroatoms. The second kappa shape index (κ2) is 37.9. The van der Waals surface area contributed by atoms with Gasteiger partial charge in [-0.15, -0.1) is 0 Å². The molecule has 0 bridgehead atoms. The molecule has 0 aromatic carbocycles. The summed E-state index contributed by atoms with van der Waals surface area (Å²) in [5.41, 5.74) is 0. The fraction of sp³-hybridized carbons (Fsp3) is 0.286. The van der Waals surface area contributed by atoms with Crippen LogP contribution in [0.1, 0.15) is 6.42 Å². The van der Waals surface area contributed by atoms with E-state index < -0.39 is 0 Å². The molecule has 17 heavy (non-hydrogen) atoms. The monoisotopic (exact) mass is 1670 g/mol. The Labute approximate surface area is 211 Å². The van der Waals surface area contributed by atoms with Gasteiger partial charge in [0.25, 0.3) is 0 Å². The molecule has 0 aromatic heterocycles. The first-order chi connectivity index (χ1) is 7.62. The van der Waals surface area contributed by atoms with Crippen LogP contribution in [0, 0.1) is 12.8 Å². The average Bonchev–Trinajstić information content (AvgIpc) is 2.34. The van der Waals surface area contributed by atoms with Gasteiger partial charge in [-0.25, -0.2) is 0 Å². The van der Waals surface area contributed by atoms with Crippen molar-refractivity contribution in [2.45, 2.75) is 6.42 Å². The van der Waals surface area contributed by atoms with Crippen molar-refractivity contribution in [1.82, 2.24) is 0 Å². The van der Waals surface area contributed by atoms with Crippen LogP contribution < -0.4 is 0 Å². The molecule has 1 radical (unpaired) electrons. The first-order valence-electron chi connectivity index (χ1n) is 3.08. The van der Waals surface area contributed by atoms with E-state index >= 15 is 0 Å². The van der Waals surface area contributed by atoms with Crippen molar-refractivity contribution < 1.29 is 180 Å². The van der Waals surface area contributed by atoms with Crippen molar-refractivity contribution in [3.05, 3.63) is 6.92 Å². The largest absolute Gasteiger partial charge is 0 e. The van der Waals surface area contributed by atoms with Gasteiger partial charge in [-0.3, -0.25) is 0 Å². The normalized spacial score (nSPS) is 7.65. The van der Waals surface area contributed by atoms with Crippen LogP contribution in [0.3, 0.4) is 0 Å². The zero-order valence-electron chi connectivity index (χ0n) is 8.28. The van der Waals surface area contributed by atoms with Crippen LogP contribution in [0.4, 0.5) is 0 Å². The minimum Gasteiger partial charge on any atom is 0 e. The minimum atomic E-state index is 0. The predicted molar refractivity (Wildman–Crippen MR) is 35.4 cm³/mol. The van der Waals surface area contributed by atoms with Gasteiger partial charge in [0.1, 0.15) is 0 Å². The molecule has 1 N–H and O–H groups in total. The molecule has 0 fully saturated rings. The second-order valence-corrected chi connectivity index (χ2v) is 5.64. The summed E-state index contributed by atoms with van der Waals surface area (Å²) in [7, 11) is 0. The Hall–Kier alpha value is 6.05. The third-order valence-electron chi connectivity index (χ3n) is 0.712. The first-order valence-corrected chi connectivity index (χ1v) is 30.9. The van der Waals surface area contributed by atoms with E-state index in [2.05, 4.69) is 15.7 Å². The molecule has 0 spiro atoms. The van der Waals surface area contributed by atoms with E-state index in [9.17, 15) is 0 Å². The van der Waals surface area contributed by atoms with Crippen LogP contribution in [0.15, 0.2) is 0 Å². The van der Waals surface area contributed by atoms with Gasteiger partial charge < -0.3 is 0 Å². The zero-order valence-corrected chi connectivity index (χ0v) is 34.6. The van der Waals surface area contributed by atoms with Gasteiger partial charge in [0.05, 0.1) is 0 Å². The Morgan fingerprint density at radius 2 is 1.41 bits per heavy atom. The Kier molecular flexibility index (Phi) is 76.7. The topological polar surface area (TPSA) is 20.2 Å². The smallest absolute Gasteiger partial charge is 0 e. The zero-order chi connectivity index (χ0) is 14.0. The van der Waals surface area contributed by atoms with Gasteiger partial charge in [-0.2, -0.15) is 0 Å². The number of aliphatic hydroxyl groups excluding tert-OH is 1. The molecule has 0 aliphatic rings. The van der Waals surface area contributed by atoms with Crippen LogP contribution in [0.2, 0.25) is 0 Å². The van der Waals surface area contributed by atoms with E-state index in [0.717, 1.165) is 25.8 Å². The van der Waals surface area contributed by atoms with Gasteiger partial charge >= 0.3 is 184 Å². The maximum atomic E-state index is 7.36. The summed E-state index contributed by atoms with van der Waals surface area (Å²) >= 11 is 12.0. The molecule has 0 aliphatic heterocycles. The molecule has 95 valence electrons. The van der Waals surface area contributed by atoms with Crippen molar-refractivity contribution in [3.63, 3.8) is 0 Å². The van der Waals surface area contributed by atoms with E-state index in [1.54, 1.807) is 64.9 Å². The Morgan fingerprint density at radius 1 is 1.12 bits per heavy atom. The van der Waals surface area contributed by atoms with E-state index in [1.807, 2.05) is 4.59 Å². The van der Waals surface area contributed by atoms with Gasteiger partial charge in [-0.05, 0) is 0 Å². The molecular weight excluding hydrogens is 1660 g/mol. The van der Waals surface area contributed by atoms with E-state index in [-0.39, 0.29) is 32.7 Å². The summed E-state index contributed by atoms with van der Waals surface area (Å²) in [6.07, 6.45) is 1.07. The SMILES string of the molecule is O[C-]=[W].[CH2-]C([C-]=[W])C[C](=[W])[C-]=[W].[W]=[W].[W]=[W].[Y]. The molecule has 0 saturated carbocycles. The average molecular weight is 1670 g/mol. The minimum absolute atomic E-state index is 0. The summed E-state index contributed by atoms with van der Waals surface area (Å²) < 4.78 is 9.60. The van der Waals surface area contributed by atoms with Crippen LogP contribution in [-0.2, 0) is 175 Å². The van der Waals surface area contributed by atoms with Gasteiger partial charge in [0.2, 0.25) is 0 Å². The van der Waals surface area contributed by atoms with Crippen LogP contribution in [0.25, 0.3) is 0 Å². The molecule has 1 unspecified atom stereocenters. The third-order valence-corrected chi connectivity index (χ3v) is 5.78. The fourth-order valence-corrected chi connectivity index (χ4v) is 1.63. The molecule has 1 atom stereocenters. The number of hydrogen-bond acceptors (Lipinski definition) is 1. The Bertz CT molecular complexity index is 198. The maximum Gasteiger partial charge on any atom is 0 e. The summed E-state index contributed by atoms with van der Waals surface area (Å²) in [5.74, 6) is 0.402. The standard InChI is InChI=1S/C6H5.CHO.8W.Y/c1-4-5-6(2)3;1-2;;;;;;;;;/h6H,2,5H2;2H;;;;;;;;;/q-3;-1;;;;;;;;;. The van der Waals surface area contributed by atoms with E-state index in [0.29, 0.717) is 5.92 Å². The van der Waals surface area contributed by atoms with Crippen molar-refractivity contribution in [2.24, 2.45) is 5.92 Å². The maximum absolute atomic E-state index is 7.36. The number of hydrogen-bond donors (Lipinski definition) is 1. The molecule has 0 rings (SSSR count). The van der Waals surface area contributed by atoms with Crippen molar-refractivity contribution in [3.8, 4) is 0 Å². The molecule has 1 nitrogen and oxygen atoms in total. The van der Waals surface area contributed by atoms with Crippen LogP contribution in [-0.4, -0.2) is 22.4 Å². The van der Waals surface area contributed by atoms with Crippen molar-refractivity contribution >= 4 is 17.3 Å². The molecular formula is C7H6OW8Y-4. The first kappa shape index (κ1) is 34.4. The van der Waals surface area contributed by atoms with Gasteiger partial charge in [0, 0.05) is 32.7 Å².